The molecule has 0 saturated carbocycles. The molecule has 1 aliphatic rings. The minimum absolute atomic E-state index is 0.220. The number of carbonyl (C=O) groups is 1. The molecule has 0 radical (unpaired) electrons. The number of hydrogen-bond acceptors (Lipinski definition) is 3. The molecule has 3 nitrogen and oxygen atoms in total. The third-order valence-corrected chi connectivity index (χ3v) is 4.42. The second kappa shape index (κ2) is 5.00. The highest BCUT2D eigenvalue weighted by Crippen LogP contribution is 2.47. The highest BCUT2D eigenvalue weighted by molar-refractivity contribution is 5.85. The maximum atomic E-state index is 13.6. The summed E-state index contributed by atoms with van der Waals surface area (Å²) in [5.41, 5.74) is 0.828. The summed E-state index contributed by atoms with van der Waals surface area (Å²) in [6.07, 6.45) is 0.851. The lowest BCUT2D eigenvalue weighted by Gasteiger charge is -2.53. The zero-order chi connectivity index (χ0) is 16.0. The summed E-state index contributed by atoms with van der Waals surface area (Å²) in [6.45, 7) is 10.0. The summed E-state index contributed by atoms with van der Waals surface area (Å²) in [6, 6.07) is 4.80. The summed E-state index contributed by atoms with van der Waals surface area (Å²) in [5.74, 6) is -0.285. The number of ether oxygens (including phenoxy) is 1. The van der Waals surface area contributed by atoms with Gasteiger partial charge in [-0.1, -0.05) is 6.92 Å². The van der Waals surface area contributed by atoms with Crippen LogP contribution >= 0.6 is 0 Å². The first-order valence-corrected chi connectivity index (χ1v) is 7.29. The lowest BCUT2D eigenvalue weighted by atomic mass is 9.77. The zero-order valence-corrected chi connectivity index (χ0v) is 13.7. The predicted molar refractivity (Wildman–Crippen MR) is 82.1 cm³/mol. The van der Waals surface area contributed by atoms with Gasteiger partial charge in [0.1, 0.15) is 11.4 Å². The van der Waals surface area contributed by atoms with E-state index in [1.54, 1.807) is 12.1 Å². The van der Waals surface area contributed by atoms with E-state index in [1.807, 2.05) is 13.8 Å². The van der Waals surface area contributed by atoms with E-state index in [-0.39, 0.29) is 23.2 Å². The van der Waals surface area contributed by atoms with Crippen LogP contribution in [0.15, 0.2) is 18.2 Å². The molecule has 0 unspecified atom stereocenters. The Morgan fingerprint density at radius 1 is 1.43 bits per heavy atom. The summed E-state index contributed by atoms with van der Waals surface area (Å²) < 4.78 is 18.6. The quantitative estimate of drug-likeness (QED) is 0.775. The fraction of sp³-hybridized carbons (Fsp3) is 0.588. The Kier molecular flexibility index (Phi) is 3.77. The maximum Gasteiger partial charge on any atom is 0.331 e. The number of hydrogen-bond donors (Lipinski definition) is 0. The van der Waals surface area contributed by atoms with Crippen molar-refractivity contribution < 1.29 is 13.9 Å². The Labute approximate surface area is 126 Å². The predicted octanol–water partition coefficient (Wildman–Crippen LogP) is 3.87. The third kappa shape index (κ3) is 2.52. The van der Waals surface area contributed by atoms with Gasteiger partial charge >= 0.3 is 5.97 Å². The Bertz CT molecular complexity index is 566. The van der Waals surface area contributed by atoms with Crippen molar-refractivity contribution in [3.05, 3.63) is 29.6 Å². The molecule has 0 spiro atoms. The van der Waals surface area contributed by atoms with Crippen LogP contribution in [0.25, 0.3) is 0 Å². The van der Waals surface area contributed by atoms with Crippen LogP contribution < -0.4 is 4.90 Å². The van der Waals surface area contributed by atoms with Crippen LogP contribution in [0.3, 0.4) is 0 Å². The average Bonchev–Trinajstić information content (AvgIpc) is 2.37. The first-order valence-electron chi connectivity index (χ1n) is 7.29. The molecule has 4 heteroatoms. The molecule has 2 rings (SSSR count). The number of methoxy groups -OCH3 is 1. The van der Waals surface area contributed by atoms with E-state index in [0.29, 0.717) is 0 Å². The minimum Gasteiger partial charge on any atom is -0.467 e. The Hall–Kier alpha value is -1.58. The summed E-state index contributed by atoms with van der Waals surface area (Å²) in [7, 11) is 1.40. The van der Waals surface area contributed by atoms with Crippen molar-refractivity contribution in [2.45, 2.75) is 58.0 Å². The van der Waals surface area contributed by atoms with Gasteiger partial charge in [-0.25, -0.2) is 9.18 Å². The molecule has 0 bridgehead atoms. The average molecular weight is 293 g/mol. The van der Waals surface area contributed by atoms with Crippen LogP contribution in [0.5, 0.6) is 0 Å². The molecule has 1 aromatic carbocycles. The Morgan fingerprint density at radius 2 is 2.05 bits per heavy atom. The molecule has 0 aromatic heterocycles. The zero-order valence-electron chi connectivity index (χ0n) is 13.7. The molecule has 1 aliphatic heterocycles. The van der Waals surface area contributed by atoms with Gasteiger partial charge < -0.3 is 9.64 Å². The van der Waals surface area contributed by atoms with Gasteiger partial charge in [-0.15, -0.1) is 0 Å². The van der Waals surface area contributed by atoms with E-state index in [2.05, 4.69) is 25.7 Å². The molecule has 21 heavy (non-hydrogen) atoms. The monoisotopic (exact) mass is 293 g/mol. The number of halogens is 1. The maximum absolute atomic E-state index is 13.6. The fourth-order valence-electron chi connectivity index (χ4n) is 3.80. The first-order chi connectivity index (χ1) is 9.61. The van der Waals surface area contributed by atoms with E-state index in [0.717, 1.165) is 17.7 Å². The van der Waals surface area contributed by atoms with E-state index in [9.17, 15) is 9.18 Å². The van der Waals surface area contributed by atoms with Crippen LogP contribution in [0.4, 0.5) is 10.1 Å². The highest BCUT2D eigenvalue weighted by atomic mass is 19.1. The van der Waals surface area contributed by atoms with Gasteiger partial charge in [0.05, 0.1) is 7.11 Å². The molecule has 0 saturated heterocycles. The highest BCUT2D eigenvalue weighted by Gasteiger charge is 2.47. The van der Waals surface area contributed by atoms with Gasteiger partial charge in [-0.2, -0.15) is 0 Å². The molecule has 0 N–H and O–H groups in total. The number of rotatable bonds is 2. The van der Waals surface area contributed by atoms with E-state index in [1.165, 1.54) is 13.2 Å². The second-order valence-corrected chi connectivity index (χ2v) is 7.01. The van der Waals surface area contributed by atoms with Crippen LogP contribution in [0.2, 0.25) is 0 Å². The van der Waals surface area contributed by atoms with Gasteiger partial charge in [-0.3, -0.25) is 0 Å². The summed E-state index contributed by atoms with van der Waals surface area (Å²) in [4.78, 5) is 14.3. The topological polar surface area (TPSA) is 29.5 Å². The van der Waals surface area contributed by atoms with E-state index >= 15 is 0 Å². The number of esters is 1. The van der Waals surface area contributed by atoms with Gasteiger partial charge in [-0.05, 0) is 63.8 Å². The van der Waals surface area contributed by atoms with Crippen LogP contribution in [0.1, 0.15) is 52.5 Å². The van der Waals surface area contributed by atoms with Gasteiger partial charge in [0.25, 0.3) is 0 Å². The summed E-state index contributed by atoms with van der Waals surface area (Å²) >= 11 is 0. The molecule has 1 heterocycles. The molecule has 0 aliphatic carbocycles. The molecular weight excluding hydrogens is 269 g/mol. The number of fused-ring (bicyclic) bond motifs is 1. The standard InChI is InChI=1S/C17H24FNO2/c1-11-10-16(2,3)19(17(4,5)15(20)21-6)14-8-7-12(18)9-13(11)14/h7-9,11H,10H2,1-6H3/t11-/m0/s1. The smallest absolute Gasteiger partial charge is 0.331 e. The molecule has 1 atom stereocenters. The lowest BCUT2D eigenvalue weighted by Crippen LogP contribution is -2.62. The van der Waals surface area contributed by atoms with Crippen molar-refractivity contribution >= 4 is 11.7 Å². The van der Waals surface area contributed by atoms with Crippen LogP contribution in [-0.2, 0) is 9.53 Å². The van der Waals surface area contributed by atoms with Crippen molar-refractivity contribution in [2.75, 3.05) is 12.0 Å². The van der Waals surface area contributed by atoms with Crippen LogP contribution in [0, 0.1) is 5.82 Å². The van der Waals surface area contributed by atoms with Crippen molar-refractivity contribution in [1.82, 2.24) is 0 Å². The van der Waals surface area contributed by atoms with E-state index in [4.69, 9.17) is 4.74 Å². The van der Waals surface area contributed by atoms with Crippen molar-refractivity contribution in [3.63, 3.8) is 0 Å². The normalized spacial score (nSPS) is 20.9. The summed E-state index contributed by atoms with van der Waals surface area (Å²) in [5, 5.41) is 0. The first kappa shape index (κ1) is 15.8. The van der Waals surface area contributed by atoms with Crippen molar-refractivity contribution in [3.8, 4) is 0 Å². The van der Waals surface area contributed by atoms with Gasteiger partial charge in [0.15, 0.2) is 0 Å². The third-order valence-electron chi connectivity index (χ3n) is 4.42. The van der Waals surface area contributed by atoms with Crippen LogP contribution in [-0.4, -0.2) is 24.2 Å². The Balaban J connectivity index is 2.63. The second-order valence-electron chi connectivity index (χ2n) is 7.01. The SMILES string of the molecule is COC(=O)C(C)(C)N1c2ccc(F)cc2[C@@H](C)CC1(C)C. The Morgan fingerprint density at radius 3 is 2.62 bits per heavy atom. The number of nitrogens with zero attached hydrogens (tertiary/aromatic N) is 1. The lowest BCUT2D eigenvalue weighted by molar-refractivity contribution is -0.146. The number of carbonyl (C=O) groups excluding carboxylic acids is 1. The minimum atomic E-state index is -0.815. The fourth-order valence-corrected chi connectivity index (χ4v) is 3.80. The molecular formula is C17H24FNO2. The van der Waals surface area contributed by atoms with E-state index < -0.39 is 5.54 Å². The number of benzene rings is 1. The van der Waals surface area contributed by atoms with Crippen molar-refractivity contribution in [1.29, 1.82) is 0 Å². The van der Waals surface area contributed by atoms with Crippen molar-refractivity contribution in [2.24, 2.45) is 0 Å². The van der Waals surface area contributed by atoms with Gasteiger partial charge in [0.2, 0.25) is 0 Å². The molecule has 0 fully saturated rings. The molecule has 116 valence electrons. The molecule has 1 aromatic rings. The largest absolute Gasteiger partial charge is 0.467 e. The number of anilines is 1. The molecule has 0 amide bonds. The van der Waals surface area contributed by atoms with Gasteiger partial charge in [0, 0.05) is 11.2 Å².